The standard InChI is InChI=1S/C13H23NO2/c1-12(15)6-7-14(10-12)11-3-8-16-13(9-11)4-2-5-13/h11,15H,2-10H2,1H3. The smallest absolute Gasteiger partial charge is 0.0758 e. The molecule has 3 heteroatoms. The van der Waals surface area contributed by atoms with Crippen LogP contribution in [0.3, 0.4) is 0 Å². The van der Waals surface area contributed by atoms with Gasteiger partial charge in [-0.25, -0.2) is 0 Å². The van der Waals surface area contributed by atoms with Crippen LogP contribution in [0.5, 0.6) is 0 Å². The number of ether oxygens (including phenoxy) is 1. The second-order valence-electron chi connectivity index (χ2n) is 6.25. The minimum Gasteiger partial charge on any atom is -0.389 e. The topological polar surface area (TPSA) is 32.7 Å². The molecule has 2 atom stereocenters. The summed E-state index contributed by atoms with van der Waals surface area (Å²) >= 11 is 0. The van der Waals surface area contributed by atoms with Gasteiger partial charge in [-0.05, 0) is 45.4 Å². The zero-order valence-corrected chi connectivity index (χ0v) is 10.2. The van der Waals surface area contributed by atoms with Crippen molar-refractivity contribution in [1.82, 2.24) is 4.90 Å². The monoisotopic (exact) mass is 225 g/mol. The minimum atomic E-state index is -0.453. The lowest BCUT2D eigenvalue weighted by Crippen LogP contribution is -2.52. The first kappa shape index (κ1) is 11.0. The van der Waals surface area contributed by atoms with Gasteiger partial charge in [0.15, 0.2) is 0 Å². The highest BCUT2D eigenvalue weighted by Crippen LogP contribution is 2.44. The number of likely N-dealkylation sites (tertiary alicyclic amines) is 1. The first-order chi connectivity index (χ1) is 7.59. The van der Waals surface area contributed by atoms with Crippen molar-refractivity contribution in [3.05, 3.63) is 0 Å². The van der Waals surface area contributed by atoms with Crippen molar-refractivity contribution in [1.29, 1.82) is 0 Å². The van der Waals surface area contributed by atoms with Gasteiger partial charge >= 0.3 is 0 Å². The van der Waals surface area contributed by atoms with Crippen molar-refractivity contribution in [3.8, 4) is 0 Å². The molecule has 2 unspecified atom stereocenters. The van der Waals surface area contributed by atoms with Gasteiger partial charge in [-0.3, -0.25) is 4.90 Å². The van der Waals surface area contributed by atoms with Crippen LogP contribution in [0.25, 0.3) is 0 Å². The van der Waals surface area contributed by atoms with Gasteiger partial charge in [0.05, 0.1) is 11.2 Å². The van der Waals surface area contributed by atoms with Crippen molar-refractivity contribution < 1.29 is 9.84 Å². The third-order valence-corrected chi connectivity index (χ3v) is 4.73. The fourth-order valence-electron chi connectivity index (χ4n) is 3.52. The summed E-state index contributed by atoms with van der Waals surface area (Å²) in [4.78, 5) is 2.49. The second-order valence-corrected chi connectivity index (χ2v) is 6.25. The van der Waals surface area contributed by atoms with Crippen LogP contribution in [0.2, 0.25) is 0 Å². The molecule has 2 aliphatic heterocycles. The average Bonchev–Trinajstić information content (AvgIpc) is 2.57. The molecule has 1 aliphatic carbocycles. The van der Waals surface area contributed by atoms with Gasteiger partial charge in [-0.2, -0.15) is 0 Å². The van der Waals surface area contributed by atoms with E-state index in [1.807, 2.05) is 6.92 Å². The molecule has 2 heterocycles. The van der Waals surface area contributed by atoms with Gasteiger partial charge in [0.1, 0.15) is 0 Å². The quantitative estimate of drug-likeness (QED) is 0.735. The highest BCUT2D eigenvalue weighted by Gasteiger charge is 2.45. The van der Waals surface area contributed by atoms with E-state index in [9.17, 15) is 5.11 Å². The predicted octanol–water partition coefficient (Wildman–Crippen LogP) is 1.54. The van der Waals surface area contributed by atoms with E-state index in [4.69, 9.17) is 4.74 Å². The average molecular weight is 225 g/mol. The third-order valence-electron chi connectivity index (χ3n) is 4.73. The van der Waals surface area contributed by atoms with Crippen molar-refractivity contribution in [3.63, 3.8) is 0 Å². The van der Waals surface area contributed by atoms with Crippen LogP contribution in [0.1, 0.15) is 45.4 Å². The lowest BCUT2D eigenvalue weighted by Gasteiger charge is -2.49. The number of aliphatic hydroxyl groups is 1. The molecule has 16 heavy (non-hydrogen) atoms. The Morgan fingerprint density at radius 2 is 2.12 bits per heavy atom. The van der Waals surface area contributed by atoms with E-state index in [2.05, 4.69) is 4.90 Å². The van der Waals surface area contributed by atoms with Crippen molar-refractivity contribution in [2.45, 2.75) is 62.7 Å². The molecule has 2 saturated heterocycles. The Morgan fingerprint density at radius 1 is 1.31 bits per heavy atom. The van der Waals surface area contributed by atoms with E-state index in [0.29, 0.717) is 6.04 Å². The summed E-state index contributed by atoms with van der Waals surface area (Å²) in [5.74, 6) is 0. The Morgan fingerprint density at radius 3 is 2.69 bits per heavy atom. The van der Waals surface area contributed by atoms with Gasteiger partial charge in [0.25, 0.3) is 0 Å². The lowest BCUT2D eigenvalue weighted by molar-refractivity contribution is -0.148. The van der Waals surface area contributed by atoms with Gasteiger partial charge in [0, 0.05) is 25.7 Å². The number of nitrogens with zero attached hydrogens (tertiary/aromatic N) is 1. The van der Waals surface area contributed by atoms with E-state index in [0.717, 1.165) is 32.5 Å². The molecule has 3 nitrogen and oxygen atoms in total. The van der Waals surface area contributed by atoms with Gasteiger partial charge < -0.3 is 9.84 Å². The SMILES string of the molecule is CC1(O)CCN(C2CCOC3(CCC3)C2)C1. The molecule has 3 aliphatic rings. The molecule has 1 spiro atoms. The minimum absolute atomic E-state index is 0.233. The number of β-amino-alcohol motifs (C(OH)–C–C–N with tert-alkyl or cyclic N) is 1. The molecule has 0 aromatic rings. The van der Waals surface area contributed by atoms with Crippen molar-refractivity contribution in [2.24, 2.45) is 0 Å². The second kappa shape index (κ2) is 3.69. The van der Waals surface area contributed by atoms with E-state index >= 15 is 0 Å². The Labute approximate surface area is 97.8 Å². The lowest BCUT2D eigenvalue weighted by atomic mass is 9.73. The fraction of sp³-hybridized carbons (Fsp3) is 1.00. The van der Waals surface area contributed by atoms with Crippen LogP contribution in [0.4, 0.5) is 0 Å². The summed E-state index contributed by atoms with van der Waals surface area (Å²) in [7, 11) is 0. The fourth-order valence-corrected chi connectivity index (χ4v) is 3.52. The predicted molar refractivity (Wildman–Crippen MR) is 62.4 cm³/mol. The largest absolute Gasteiger partial charge is 0.389 e. The van der Waals surface area contributed by atoms with E-state index in [1.54, 1.807) is 0 Å². The number of hydrogen-bond acceptors (Lipinski definition) is 3. The normalized spacial score (nSPS) is 43.5. The Kier molecular flexibility index (Phi) is 2.54. The number of hydrogen-bond donors (Lipinski definition) is 1. The molecule has 0 bridgehead atoms. The molecule has 3 fully saturated rings. The first-order valence-electron chi connectivity index (χ1n) is 6.69. The highest BCUT2D eigenvalue weighted by atomic mass is 16.5. The van der Waals surface area contributed by atoms with Crippen LogP contribution in [-0.2, 0) is 4.74 Å². The molecule has 0 aromatic carbocycles. The summed E-state index contributed by atoms with van der Waals surface area (Å²) in [5, 5.41) is 10.0. The summed E-state index contributed by atoms with van der Waals surface area (Å²) < 4.78 is 5.95. The molecule has 0 amide bonds. The molecule has 3 rings (SSSR count). The Bertz CT molecular complexity index is 273. The summed E-state index contributed by atoms with van der Waals surface area (Å²) in [6, 6.07) is 0.656. The van der Waals surface area contributed by atoms with Crippen LogP contribution in [-0.4, -0.2) is 46.9 Å². The summed E-state index contributed by atoms with van der Waals surface area (Å²) in [6.07, 6.45) is 7.13. The van der Waals surface area contributed by atoms with E-state index < -0.39 is 5.60 Å². The Balaban J connectivity index is 1.62. The zero-order chi connectivity index (χ0) is 11.2. The van der Waals surface area contributed by atoms with E-state index in [1.165, 1.54) is 25.7 Å². The molecular weight excluding hydrogens is 202 g/mol. The van der Waals surface area contributed by atoms with Gasteiger partial charge in [-0.1, -0.05) is 0 Å². The third kappa shape index (κ3) is 1.89. The van der Waals surface area contributed by atoms with Gasteiger partial charge in [0.2, 0.25) is 0 Å². The zero-order valence-electron chi connectivity index (χ0n) is 10.2. The van der Waals surface area contributed by atoms with Crippen LogP contribution in [0, 0.1) is 0 Å². The number of rotatable bonds is 1. The van der Waals surface area contributed by atoms with E-state index in [-0.39, 0.29) is 5.60 Å². The molecule has 1 N–H and O–H groups in total. The maximum Gasteiger partial charge on any atom is 0.0758 e. The van der Waals surface area contributed by atoms with Crippen LogP contribution >= 0.6 is 0 Å². The van der Waals surface area contributed by atoms with Crippen molar-refractivity contribution in [2.75, 3.05) is 19.7 Å². The molecule has 92 valence electrons. The van der Waals surface area contributed by atoms with Crippen LogP contribution in [0.15, 0.2) is 0 Å². The maximum atomic E-state index is 10.0. The van der Waals surface area contributed by atoms with Crippen molar-refractivity contribution >= 4 is 0 Å². The maximum absolute atomic E-state index is 10.0. The summed E-state index contributed by atoms with van der Waals surface area (Å²) in [5.41, 5.74) is -0.220. The molecular formula is C13H23NO2. The molecule has 0 aromatic heterocycles. The Hall–Kier alpha value is -0.120. The summed E-state index contributed by atoms with van der Waals surface area (Å²) in [6.45, 7) is 4.80. The first-order valence-corrected chi connectivity index (χ1v) is 6.69. The van der Waals surface area contributed by atoms with Crippen LogP contribution < -0.4 is 0 Å². The molecule has 1 saturated carbocycles. The highest BCUT2D eigenvalue weighted by molar-refractivity contribution is 4.99. The molecule has 0 radical (unpaired) electrons. The van der Waals surface area contributed by atoms with Gasteiger partial charge in [-0.15, -0.1) is 0 Å².